The third-order valence-electron chi connectivity index (χ3n) is 4.30. The first kappa shape index (κ1) is 16.1. The number of carbonyl (C=O) groups is 1. The zero-order valence-corrected chi connectivity index (χ0v) is 14.3. The molecule has 1 amide bonds. The lowest BCUT2D eigenvalue weighted by Crippen LogP contribution is -2.33. The smallest absolute Gasteiger partial charge is 0.287 e. The Hall–Kier alpha value is -2.75. The monoisotopic (exact) mass is 322 g/mol. The molecular weight excluding hydrogens is 300 g/mol. The fourth-order valence-electron chi connectivity index (χ4n) is 2.83. The van der Waals surface area contributed by atoms with Crippen LogP contribution in [0.15, 0.2) is 52.9 Å². The van der Waals surface area contributed by atoms with E-state index >= 15 is 0 Å². The molecule has 0 bridgehead atoms. The summed E-state index contributed by atoms with van der Waals surface area (Å²) in [6.45, 7) is 5.20. The van der Waals surface area contributed by atoms with Crippen molar-refractivity contribution in [1.82, 2.24) is 5.32 Å². The van der Waals surface area contributed by atoms with Crippen molar-refractivity contribution in [3.63, 3.8) is 0 Å². The van der Waals surface area contributed by atoms with Crippen LogP contribution >= 0.6 is 0 Å². The normalized spacial score (nSPS) is 10.8. The number of nitrogens with one attached hydrogen (secondary N) is 1. The van der Waals surface area contributed by atoms with E-state index in [0.717, 1.165) is 34.3 Å². The van der Waals surface area contributed by atoms with Gasteiger partial charge in [-0.3, -0.25) is 4.79 Å². The van der Waals surface area contributed by atoms with Crippen molar-refractivity contribution in [3.8, 4) is 0 Å². The molecular formula is C20H22N2O2. The Bertz CT molecular complexity index is 853. The minimum absolute atomic E-state index is 0.162. The second-order valence-electron chi connectivity index (χ2n) is 6.02. The summed E-state index contributed by atoms with van der Waals surface area (Å²) >= 11 is 0. The van der Waals surface area contributed by atoms with Crippen LogP contribution in [0.3, 0.4) is 0 Å². The lowest BCUT2D eigenvalue weighted by Gasteiger charge is -2.19. The summed E-state index contributed by atoms with van der Waals surface area (Å²) in [5.74, 6) is 0.242. The van der Waals surface area contributed by atoms with Gasteiger partial charge in [-0.25, -0.2) is 0 Å². The first-order valence-corrected chi connectivity index (χ1v) is 8.11. The molecule has 0 aliphatic carbocycles. The van der Waals surface area contributed by atoms with Crippen molar-refractivity contribution in [2.24, 2.45) is 0 Å². The minimum Gasteiger partial charge on any atom is -0.450 e. The number of carbonyl (C=O) groups excluding carboxylic acids is 1. The number of nitrogens with zero attached hydrogens (tertiary/aromatic N) is 1. The highest BCUT2D eigenvalue weighted by Gasteiger charge is 2.18. The third kappa shape index (κ3) is 3.13. The van der Waals surface area contributed by atoms with Crippen molar-refractivity contribution in [3.05, 3.63) is 65.4 Å². The van der Waals surface area contributed by atoms with E-state index in [-0.39, 0.29) is 5.91 Å². The molecule has 1 aromatic heterocycles. The highest BCUT2D eigenvalue weighted by molar-refractivity contribution is 5.99. The van der Waals surface area contributed by atoms with Gasteiger partial charge in [0.1, 0.15) is 5.58 Å². The van der Waals surface area contributed by atoms with E-state index < -0.39 is 0 Å². The Balaban J connectivity index is 1.65. The predicted molar refractivity (Wildman–Crippen MR) is 97.7 cm³/mol. The summed E-state index contributed by atoms with van der Waals surface area (Å²) in [5.41, 5.74) is 3.85. The second-order valence-corrected chi connectivity index (χ2v) is 6.02. The van der Waals surface area contributed by atoms with Crippen LogP contribution in [0.1, 0.15) is 21.7 Å². The van der Waals surface area contributed by atoms with Crippen LogP contribution < -0.4 is 10.2 Å². The van der Waals surface area contributed by atoms with Gasteiger partial charge >= 0.3 is 0 Å². The van der Waals surface area contributed by atoms with E-state index in [1.807, 2.05) is 69.4 Å². The van der Waals surface area contributed by atoms with Crippen LogP contribution in [0.2, 0.25) is 0 Å². The van der Waals surface area contributed by atoms with E-state index in [0.29, 0.717) is 12.3 Å². The summed E-state index contributed by atoms with van der Waals surface area (Å²) in [6.07, 6.45) is 0. The number of aryl methyl sites for hydroxylation is 2. The molecule has 124 valence electrons. The van der Waals surface area contributed by atoms with Gasteiger partial charge in [0.2, 0.25) is 0 Å². The Morgan fingerprint density at radius 1 is 1.08 bits per heavy atom. The molecule has 0 spiro atoms. The predicted octanol–water partition coefficient (Wildman–Crippen LogP) is 3.92. The van der Waals surface area contributed by atoms with Crippen LogP contribution in [-0.2, 0) is 0 Å². The number of fused-ring (bicyclic) bond motifs is 1. The maximum absolute atomic E-state index is 12.4. The fourth-order valence-corrected chi connectivity index (χ4v) is 2.83. The SMILES string of the molecule is Cc1c(C(=O)NCCN(C)c2ccccc2)oc2c(C)cccc12. The molecule has 0 aliphatic rings. The van der Waals surface area contributed by atoms with Crippen LogP contribution in [-0.4, -0.2) is 26.0 Å². The number of likely N-dealkylation sites (N-methyl/N-ethyl adjacent to an activating group) is 1. The van der Waals surface area contributed by atoms with Gasteiger partial charge in [0.05, 0.1) is 0 Å². The Morgan fingerprint density at radius 2 is 1.83 bits per heavy atom. The van der Waals surface area contributed by atoms with E-state index in [2.05, 4.69) is 10.2 Å². The van der Waals surface area contributed by atoms with Gasteiger partial charge in [0.25, 0.3) is 5.91 Å². The number of hydrogen-bond donors (Lipinski definition) is 1. The minimum atomic E-state index is -0.162. The lowest BCUT2D eigenvalue weighted by atomic mass is 10.1. The third-order valence-corrected chi connectivity index (χ3v) is 4.30. The van der Waals surface area contributed by atoms with Gasteiger partial charge in [0.15, 0.2) is 5.76 Å². The van der Waals surface area contributed by atoms with E-state index in [9.17, 15) is 4.79 Å². The van der Waals surface area contributed by atoms with Gasteiger partial charge in [-0.05, 0) is 31.5 Å². The largest absolute Gasteiger partial charge is 0.450 e. The Morgan fingerprint density at radius 3 is 2.54 bits per heavy atom. The first-order valence-electron chi connectivity index (χ1n) is 8.11. The summed E-state index contributed by atoms with van der Waals surface area (Å²) in [7, 11) is 2.01. The first-order chi connectivity index (χ1) is 11.6. The topological polar surface area (TPSA) is 45.5 Å². The van der Waals surface area contributed by atoms with Gasteiger partial charge in [-0.15, -0.1) is 0 Å². The average Bonchev–Trinajstić information content (AvgIpc) is 2.94. The van der Waals surface area contributed by atoms with Gasteiger partial charge < -0.3 is 14.6 Å². The van der Waals surface area contributed by atoms with E-state index in [1.165, 1.54) is 0 Å². The van der Waals surface area contributed by atoms with Gasteiger partial charge in [-0.2, -0.15) is 0 Å². The van der Waals surface area contributed by atoms with Crippen molar-refractivity contribution in [1.29, 1.82) is 0 Å². The second kappa shape index (κ2) is 6.79. The van der Waals surface area contributed by atoms with Crippen LogP contribution in [0.25, 0.3) is 11.0 Å². The Kier molecular flexibility index (Phi) is 4.56. The number of rotatable bonds is 5. The van der Waals surface area contributed by atoms with Crippen molar-refractivity contribution in [2.75, 3.05) is 25.0 Å². The van der Waals surface area contributed by atoms with Crippen LogP contribution in [0, 0.1) is 13.8 Å². The number of amides is 1. The van der Waals surface area contributed by atoms with E-state index in [1.54, 1.807) is 0 Å². The van der Waals surface area contributed by atoms with Crippen molar-refractivity contribution < 1.29 is 9.21 Å². The van der Waals surface area contributed by atoms with Crippen molar-refractivity contribution in [2.45, 2.75) is 13.8 Å². The fraction of sp³-hybridized carbons (Fsp3) is 0.250. The molecule has 4 nitrogen and oxygen atoms in total. The lowest BCUT2D eigenvalue weighted by molar-refractivity contribution is 0.0928. The zero-order valence-electron chi connectivity index (χ0n) is 14.3. The average molecular weight is 322 g/mol. The number of anilines is 1. The molecule has 4 heteroatoms. The molecule has 0 aliphatic heterocycles. The molecule has 0 unspecified atom stereocenters. The van der Waals surface area contributed by atoms with Gasteiger partial charge in [0, 0.05) is 36.8 Å². The number of para-hydroxylation sites is 2. The highest BCUT2D eigenvalue weighted by Crippen LogP contribution is 2.27. The molecule has 1 N–H and O–H groups in total. The molecule has 0 atom stereocenters. The summed E-state index contributed by atoms with van der Waals surface area (Å²) in [4.78, 5) is 14.5. The number of benzene rings is 2. The molecule has 2 aromatic carbocycles. The maximum atomic E-state index is 12.4. The molecule has 3 aromatic rings. The number of furan rings is 1. The molecule has 24 heavy (non-hydrogen) atoms. The Labute approximate surface area is 142 Å². The summed E-state index contributed by atoms with van der Waals surface area (Å²) in [5, 5.41) is 3.95. The molecule has 0 saturated heterocycles. The molecule has 3 rings (SSSR count). The van der Waals surface area contributed by atoms with Crippen LogP contribution in [0.4, 0.5) is 5.69 Å². The standard InChI is InChI=1S/C20H22N2O2/c1-14-8-7-11-17-15(2)19(24-18(14)17)20(23)21-12-13-22(3)16-9-5-4-6-10-16/h4-11H,12-13H2,1-3H3,(H,21,23). The highest BCUT2D eigenvalue weighted by atomic mass is 16.3. The quantitative estimate of drug-likeness (QED) is 0.774. The maximum Gasteiger partial charge on any atom is 0.287 e. The van der Waals surface area contributed by atoms with Gasteiger partial charge in [-0.1, -0.05) is 36.4 Å². The molecule has 0 radical (unpaired) electrons. The number of hydrogen-bond acceptors (Lipinski definition) is 3. The van der Waals surface area contributed by atoms with Crippen molar-refractivity contribution >= 4 is 22.6 Å². The summed E-state index contributed by atoms with van der Waals surface area (Å²) < 4.78 is 5.81. The molecule has 0 fully saturated rings. The molecule has 1 heterocycles. The van der Waals surface area contributed by atoms with Crippen LogP contribution in [0.5, 0.6) is 0 Å². The zero-order chi connectivity index (χ0) is 17.1. The van der Waals surface area contributed by atoms with E-state index in [4.69, 9.17) is 4.42 Å². The molecule has 0 saturated carbocycles. The summed E-state index contributed by atoms with van der Waals surface area (Å²) in [6, 6.07) is 16.1.